The molecule has 0 aliphatic heterocycles. The molecule has 0 radical (unpaired) electrons. The van der Waals surface area contributed by atoms with Crippen LogP contribution < -0.4 is 5.73 Å². The number of benzene rings is 1. The van der Waals surface area contributed by atoms with Crippen LogP contribution in [0.3, 0.4) is 0 Å². The predicted molar refractivity (Wildman–Crippen MR) is 71.8 cm³/mol. The smallest absolute Gasteiger partial charge is 0.399 e. The molecular weight excluding hydrogens is 287 g/mol. The number of nitrogens with two attached hydrogens (primary N) is 1. The second-order valence-electron chi connectivity index (χ2n) is 4.60. The van der Waals surface area contributed by atoms with Crippen molar-refractivity contribution in [1.29, 1.82) is 0 Å². The summed E-state index contributed by atoms with van der Waals surface area (Å²) in [4.78, 5) is 3.65. The fourth-order valence-electron chi connectivity index (χ4n) is 2.13. The standard InChI is InChI=1S/C13H16F3N3O2/c1-20-7-9(21-2)6-19-11-4-3-8(17)5-10(11)18-12(19)13(14,15)16/h3-5,9H,6-7,17H2,1-2H3. The molecule has 0 spiro atoms. The van der Waals surface area contributed by atoms with Crippen molar-refractivity contribution in [1.82, 2.24) is 9.55 Å². The molecule has 0 aliphatic rings. The Balaban J connectivity index is 2.52. The van der Waals surface area contributed by atoms with Gasteiger partial charge in [0.15, 0.2) is 0 Å². The molecular formula is C13H16F3N3O2. The van der Waals surface area contributed by atoms with Crippen molar-refractivity contribution in [3.63, 3.8) is 0 Å². The first kappa shape index (κ1) is 15.6. The van der Waals surface area contributed by atoms with E-state index in [-0.39, 0.29) is 18.7 Å². The van der Waals surface area contributed by atoms with Gasteiger partial charge in [-0.1, -0.05) is 0 Å². The first-order valence-electron chi connectivity index (χ1n) is 6.21. The lowest BCUT2D eigenvalue weighted by Crippen LogP contribution is -2.26. The van der Waals surface area contributed by atoms with Gasteiger partial charge in [-0.25, -0.2) is 4.98 Å². The van der Waals surface area contributed by atoms with Gasteiger partial charge in [-0.05, 0) is 18.2 Å². The second-order valence-corrected chi connectivity index (χ2v) is 4.60. The maximum absolute atomic E-state index is 13.1. The fraction of sp³-hybridized carbons (Fsp3) is 0.462. The molecule has 1 heterocycles. The molecule has 8 heteroatoms. The topological polar surface area (TPSA) is 62.3 Å². The van der Waals surface area contributed by atoms with E-state index in [0.29, 0.717) is 11.2 Å². The van der Waals surface area contributed by atoms with Gasteiger partial charge in [-0.2, -0.15) is 13.2 Å². The summed E-state index contributed by atoms with van der Waals surface area (Å²) >= 11 is 0. The highest BCUT2D eigenvalue weighted by atomic mass is 19.4. The Bertz CT molecular complexity index is 625. The van der Waals surface area contributed by atoms with E-state index in [2.05, 4.69) is 4.98 Å². The lowest BCUT2D eigenvalue weighted by molar-refractivity contribution is -0.147. The maximum Gasteiger partial charge on any atom is 0.449 e. The van der Waals surface area contributed by atoms with Gasteiger partial charge in [0.05, 0.1) is 30.3 Å². The zero-order valence-electron chi connectivity index (χ0n) is 11.6. The Morgan fingerprint density at radius 1 is 1.33 bits per heavy atom. The minimum Gasteiger partial charge on any atom is -0.399 e. The number of nitrogens with zero attached hydrogens (tertiary/aromatic N) is 2. The number of ether oxygens (including phenoxy) is 2. The van der Waals surface area contributed by atoms with Crippen LogP contribution in [0.15, 0.2) is 18.2 Å². The van der Waals surface area contributed by atoms with Crippen molar-refractivity contribution in [2.24, 2.45) is 0 Å². The van der Waals surface area contributed by atoms with Gasteiger partial charge in [0.25, 0.3) is 0 Å². The number of anilines is 1. The van der Waals surface area contributed by atoms with E-state index in [1.54, 1.807) is 6.07 Å². The SMILES string of the molecule is COCC(Cn1c(C(F)(F)F)nc2cc(N)ccc21)OC. The molecule has 0 fully saturated rings. The first-order chi connectivity index (χ1) is 9.86. The van der Waals surface area contributed by atoms with Crippen LogP contribution in [0.4, 0.5) is 18.9 Å². The summed E-state index contributed by atoms with van der Waals surface area (Å²) in [7, 11) is 2.89. The van der Waals surface area contributed by atoms with Crippen molar-refractivity contribution >= 4 is 16.7 Å². The molecule has 0 bridgehead atoms. The number of alkyl halides is 3. The minimum atomic E-state index is -4.56. The predicted octanol–water partition coefficient (Wildman–Crippen LogP) is 2.30. The average molecular weight is 303 g/mol. The third-order valence-corrected chi connectivity index (χ3v) is 3.10. The van der Waals surface area contributed by atoms with E-state index in [9.17, 15) is 13.2 Å². The van der Waals surface area contributed by atoms with Crippen molar-refractivity contribution in [3.8, 4) is 0 Å². The fourth-order valence-corrected chi connectivity index (χ4v) is 2.13. The lowest BCUT2D eigenvalue weighted by Gasteiger charge is -2.18. The number of hydrogen-bond acceptors (Lipinski definition) is 4. The van der Waals surface area contributed by atoms with Crippen molar-refractivity contribution in [2.45, 2.75) is 18.8 Å². The highest BCUT2D eigenvalue weighted by molar-refractivity contribution is 5.79. The number of imidazole rings is 1. The zero-order valence-corrected chi connectivity index (χ0v) is 11.6. The van der Waals surface area contributed by atoms with E-state index >= 15 is 0 Å². The molecule has 1 unspecified atom stereocenters. The maximum atomic E-state index is 13.1. The van der Waals surface area contributed by atoms with E-state index in [0.717, 1.165) is 4.57 Å². The first-order valence-corrected chi connectivity index (χ1v) is 6.21. The molecule has 1 aromatic heterocycles. The quantitative estimate of drug-likeness (QED) is 0.861. The number of halogens is 3. The van der Waals surface area contributed by atoms with Gasteiger partial charge in [0.1, 0.15) is 0 Å². The van der Waals surface area contributed by atoms with Crippen LogP contribution in [0.2, 0.25) is 0 Å². The molecule has 21 heavy (non-hydrogen) atoms. The Labute approximate surface area is 119 Å². The number of nitrogen functional groups attached to an aromatic ring is 1. The Morgan fingerprint density at radius 2 is 2.05 bits per heavy atom. The molecule has 5 nitrogen and oxygen atoms in total. The largest absolute Gasteiger partial charge is 0.449 e. The van der Waals surface area contributed by atoms with Crippen LogP contribution in [0.1, 0.15) is 5.82 Å². The molecule has 2 rings (SSSR count). The van der Waals surface area contributed by atoms with Gasteiger partial charge in [0, 0.05) is 19.9 Å². The van der Waals surface area contributed by atoms with Crippen LogP contribution >= 0.6 is 0 Å². The second kappa shape index (κ2) is 5.90. The van der Waals surface area contributed by atoms with Gasteiger partial charge >= 0.3 is 6.18 Å². The molecule has 0 aliphatic carbocycles. The van der Waals surface area contributed by atoms with Crippen LogP contribution in [0.25, 0.3) is 11.0 Å². The molecule has 0 saturated carbocycles. The molecule has 0 amide bonds. The Kier molecular flexibility index (Phi) is 4.38. The molecule has 2 N–H and O–H groups in total. The highest BCUT2D eigenvalue weighted by Gasteiger charge is 2.38. The zero-order chi connectivity index (χ0) is 15.6. The van der Waals surface area contributed by atoms with Gasteiger partial charge in [-0.15, -0.1) is 0 Å². The van der Waals surface area contributed by atoms with Gasteiger partial charge < -0.3 is 19.8 Å². The van der Waals surface area contributed by atoms with Crippen molar-refractivity contribution in [2.75, 3.05) is 26.6 Å². The molecule has 2 aromatic rings. The van der Waals surface area contributed by atoms with Gasteiger partial charge in [0.2, 0.25) is 5.82 Å². The lowest BCUT2D eigenvalue weighted by atomic mass is 10.2. The molecule has 1 aromatic carbocycles. The van der Waals surface area contributed by atoms with E-state index in [1.807, 2.05) is 0 Å². The van der Waals surface area contributed by atoms with Gasteiger partial charge in [-0.3, -0.25) is 0 Å². The number of rotatable bonds is 5. The van der Waals surface area contributed by atoms with Crippen LogP contribution in [0.5, 0.6) is 0 Å². The van der Waals surface area contributed by atoms with E-state index < -0.39 is 18.1 Å². The third-order valence-electron chi connectivity index (χ3n) is 3.10. The molecule has 0 saturated heterocycles. The number of hydrogen-bond donors (Lipinski definition) is 1. The normalized spacial score (nSPS) is 13.8. The summed E-state index contributed by atoms with van der Waals surface area (Å²) < 4.78 is 50.6. The summed E-state index contributed by atoms with van der Waals surface area (Å²) in [5, 5.41) is 0. The number of fused-ring (bicyclic) bond motifs is 1. The Hall–Kier alpha value is -1.80. The van der Waals surface area contributed by atoms with Crippen LogP contribution in [-0.4, -0.2) is 36.5 Å². The van der Waals surface area contributed by atoms with E-state index in [4.69, 9.17) is 15.2 Å². The third kappa shape index (κ3) is 3.27. The monoisotopic (exact) mass is 303 g/mol. The summed E-state index contributed by atoms with van der Waals surface area (Å²) in [6, 6.07) is 4.48. The Morgan fingerprint density at radius 3 is 2.62 bits per heavy atom. The number of methoxy groups -OCH3 is 2. The summed E-state index contributed by atoms with van der Waals surface area (Å²) in [5.41, 5.74) is 6.51. The van der Waals surface area contributed by atoms with Crippen molar-refractivity contribution < 1.29 is 22.6 Å². The highest BCUT2D eigenvalue weighted by Crippen LogP contribution is 2.32. The summed E-state index contributed by atoms with van der Waals surface area (Å²) in [5.74, 6) is -0.971. The number of aromatic nitrogens is 2. The molecule has 1 atom stereocenters. The van der Waals surface area contributed by atoms with Crippen LogP contribution in [0, 0.1) is 0 Å². The molecule has 116 valence electrons. The minimum absolute atomic E-state index is 0.0143. The van der Waals surface area contributed by atoms with Crippen molar-refractivity contribution in [3.05, 3.63) is 24.0 Å². The average Bonchev–Trinajstić information content (AvgIpc) is 2.76. The van der Waals surface area contributed by atoms with E-state index in [1.165, 1.54) is 26.4 Å². The summed E-state index contributed by atoms with van der Waals surface area (Å²) in [6.45, 7) is 0.169. The summed E-state index contributed by atoms with van der Waals surface area (Å²) in [6.07, 6.45) is -5.06. The van der Waals surface area contributed by atoms with Crippen LogP contribution in [-0.2, 0) is 22.2 Å².